The van der Waals surface area contributed by atoms with Crippen LogP contribution in [0, 0.1) is 24.4 Å². The third-order valence-corrected chi connectivity index (χ3v) is 2.42. The van der Waals surface area contributed by atoms with Crippen molar-refractivity contribution in [3.05, 3.63) is 65.3 Å². The molecule has 0 fully saturated rings. The number of ether oxygens (including phenoxy) is 1. The van der Waals surface area contributed by atoms with Crippen LogP contribution in [0.5, 0.6) is 11.5 Å². The molecule has 0 aliphatic carbocycles. The average Bonchev–Trinajstić information content (AvgIpc) is 2.28. The van der Waals surface area contributed by atoms with Gasteiger partial charge in [-0.3, -0.25) is 0 Å². The lowest BCUT2D eigenvalue weighted by molar-refractivity contribution is 0.406. The lowest BCUT2D eigenvalue weighted by Crippen LogP contribution is -1.94. The number of hydrogen-bond donors (Lipinski definition) is 0. The molecule has 0 amide bonds. The highest BCUT2D eigenvalue weighted by Gasteiger charge is 2.13. The summed E-state index contributed by atoms with van der Waals surface area (Å²) in [6.07, 6.45) is 0. The van der Waals surface area contributed by atoms with Crippen LogP contribution in [-0.4, -0.2) is 0 Å². The molecular formula is C13H6ClF3O. The zero-order valence-electron chi connectivity index (χ0n) is 8.88. The molecule has 0 aliphatic heterocycles. The lowest BCUT2D eigenvalue weighted by Gasteiger charge is -2.09. The topological polar surface area (TPSA) is 9.23 Å². The molecule has 0 bridgehead atoms. The zero-order valence-corrected chi connectivity index (χ0v) is 9.64. The molecule has 0 spiro atoms. The van der Waals surface area contributed by atoms with Crippen LogP contribution in [0.4, 0.5) is 13.2 Å². The molecule has 2 aromatic rings. The summed E-state index contributed by atoms with van der Waals surface area (Å²) >= 11 is 5.52. The van der Waals surface area contributed by atoms with Crippen molar-refractivity contribution in [2.24, 2.45) is 0 Å². The van der Waals surface area contributed by atoms with Crippen molar-refractivity contribution in [3.8, 4) is 11.5 Å². The first-order valence-corrected chi connectivity index (χ1v) is 5.22. The molecular weight excluding hydrogens is 265 g/mol. The highest BCUT2D eigenvalue weighted by molar-refractivity contribution is 6.30. The van der Waals surface area contributed by atoms with E-state index in [2.05, 4.69) is 0 Å². The van der Waals surface area contributed by atoms with Crippen LogP contribution in [0.3, 0.4) is 0 Å². The second kappa shape index (κ2) is 4.90. The van der Waals surface area contributed by atoms with Gasteiger partial charge in [0.25, 0.3) is 0 Å². The van der Waals surface area contributed by atoms with Crippen LogP contribution >= 0.6 is 11.6 Å². The van der Waals surface area contributed by atoms with Gasteiger partial charge >= 0.3 is 0 Å². The molecule has 1 nitrogen and oxygen atoms in total. The maximum absolute atomic E-state index is 13.4. The average molecular weight is 271 g/mol. The summed E-state index contributed by atoms with van der Waals surface area (Å²) in [5.41, 5.74) is -0.0607. The molecule has 2 aromatic carbocycles. The smallest absolute Gasteiger partial charge is 0.198 e. The molecule has 18 heavy (non-hydrogen) atoms. The van der Waals surface area contributed by atoms with E-state index in [0.717, 1.165) is 24.3 Å². The Labute approximate surface area is 107 Å². The van der Waals surface area contributed by atoms with E-state index in [1.54, 1.807) is 0 Å². The molecule has 0 atom stereocenters. The van der Waals surface area contributed by atoms with E-state index in [1.807, 2.05) is 0 Å². The van der Waals surface area contributed by atoms with Crippen LogP contribution in [0.15, 0.2) is 30.3 Å². The van der Waals surface area contributed by atoms with Crippen molar-refractivity contribution in [2.75, 3.05) is 0 Å². The van der Waals surface area contributed by atoms with Gasteiger partial charge in [0.2, 0.25) is 0 Å². The molecule has 0 aromatic heterocycles. The Morgan fingerprint density at radius 3 is 2.11 bits per heavy atom. The second-order valence-electron chi connectivity index (χ2n) is 3.49. The largest absolute Gasteiger partial charge is 0.451 e. The van der Waals surface area contributed by atoms with Gasteiger partial charge in [-0.2, -0.15) is 0 Å². The molecule has 92 valence electrons. The first kappa shape index (κ1) is 12.8. The Bertz CT molecular complexity index is 576. The van der Waals surface area contributed by atoms with E-state index >= 15 is 0 Å². The van der Waals surface area contributed by atoms with Gasteiger partial charge in [-0.15, -0.1) is 0 Å². The highest BCUT2D eigenvalue weighted by atomic mass is 35.5. The van der Waals surface area contributed by atoms with Gasteiger partial charge in [0.1, 0.15) is 11.6 Å². The van der Waals surface area contributed by atoms with Crippen molar-refractivity contribution >= 4 is 11.6 Å². The first-order chi connectivity index (χ1) is 8.47. The van der Waals surface area contributed by atoms with Gasteiger partial charge in [-0.1, -0.05) is 11.6 Å². The standard InChI is InChI=1S/C13H6ClF3O/c1-7-4-11(16)13(12(17)5-7)18-8-2-3-10(15)9(14)6-8/h1-6H. The van der Waals surface area contributed by atoms with E-state index in [-0.39, 0.29) is 16.3 Å². The fraction of sp³-hybridized carbons (Fsp3) is 0. The van der Waals surface area contributed by atoms with E-state index in [0.29, 0.717) is 0 Å². The van der Waals surface area contributed by atoms with E-state index in [9.17, 15) is 13.2 Å². The van der Waals surface area contributed by atoms with E-state index < -0.39 is 23.2 Å². The third-order valence-electron chi connectivity index (χ3n) is 2.13. The minimum atomic E-state index is -0.951. The van der Waals surface area contributed by atoms with Crippen molar-refractivity contribution in [3.63, 3.8) is 0 Å². The summed E-state index contributed by atoms with van der Waals surface area (Å²) < 4.78 is 44.7. The van der Waals surface area contributed by atoms with Crippen molar-refractivity contribution in [1.82, 2.24) is 0 Å². The van der Waals surface area contributed by atoms with Gasteiger partial charge in [-0.05, 0) is 36.8 Å². The molecule has 0 unspecified atom stereocenters. The normalized spacial score (nSPS) is 10.5. The zero-order chi connectivity index (χ0) is 13.3. The lowest BCUT2D eigenvalue weighted by atomic mass is 10.2. The fourth-order valence-electron chi connectivity index (χ4n) is 1.34. The summed E-state index contributed by atoms with van der Waals surface area (Å²) in [4.78, 5) is 0. The van der Waals surface area contributed by atoms with E-state index in [4.69, 9.17) is 23.3 Å². The van der Waals surface area contributed by atoms with Crippen molar-refractivity contribution < 1.29 is 17.9 Å². The molecule has 0 heterocycles. The monoisotopic (exact) mass is 270 g/mol. The quantitative estimate of drug-likeness (QED) is 0.774. The number of rotatable bonds is 2. The fourth-order valence-corrected chi connectivity index (χ4v) is 1.51. The highest BCUT2D eigenvalue weighted by Crippen LogP contribution is 2.30. The molecule has 2 radical (unpaired) electrons. The van der Waals surface area contributed by atoms with Crippen LogP contribution in [0.2, 0.25) is 5.02 Å². The Morgan fingerprint density at radius 1 is 0.944 bits per heavy atom. The minimum Gasteiger partial charge on any atom is -0.451 e. The predicted molar refractivity (Wildman–Crippen MR) is 61.2 cm³/mol. The van der Waals surface area contributed by atoms with E-state index in [1.165, 1.54) is 6.07 Å². The Hall–Kier alpha value is -1.68. The Morgan fingerprint density at radius 2 is 1.56 bits per heavy atom. The van der Waals surface area contributed by atoms with Crippen molar-refractivity contribution in [2.45, 2.75) is 0 Å². The molecule has 0 N–H and O–H groups in total. The molecule has 5 heteroatoms. The van der Waals surface area contributed by atoms with Gasteiger partial charge in [0.05, 0.1) is 5.02 Å². The number of halogens is 4. The number of benzene rings is 2. The molecule has 0 aliphatic rings. The Kier molecular flexibility index (Phi) is 3.48. The van der Waals surface area contributed by atoms with Crippen LogP contribution < -0.4 is 4.74 Å². The summed E-state index contributed by atoms with van der Waals surface area (Å²) in [6.45, 7) is 5.26. The molecule has 0 saturated heterocycles. The summed E-state index contributed by atoms with van der Waals surface area (Å²) in [5.74, 6) is -3.15. The molecule has 2 rings (SSSR count). The third kappa shape index (κ3) is 2.59. The second-order valence-corrected chi connectivity index (χ2v) is 3.90. The van der Waals surface area contributed by atoms with Crippen LogP contribution in [0.1, 0.15) is 5.56 Å². The number of hydrogen-bond acceptors (Lipinski definition) is 1. The van der Waals surface area contributed by atoms with Crippen LogP contribution in [-0.2, 0) is 0 Å². The molecule has 0 saturated carbocycles. The minimum absolute atomic E-state index is 0.0176. The van der Waals surface area contributed by atoms with Gasteiger partial charge in [-0.25, -0.2) is 13.2 Å². The van der Waals surface area contributed by atoms with Crippen LogP contribution in [0.25, 0.3) is 0 Å². The SMILES string of the molecule is [CH]c1cc(F)c(Oc2ccc(F)c(Cl)c2)c(F)c1. The first-order valence-electron chi connectivity index (χ1n) is 4.85. The summed E-state index contributed by atoms with van der Waals surface area (Å²) in [6, 6.07) is 5.19. The maximum atomic E-state index is 13.4. The Balaban J connectivity index is 2.37. The van der Waals surface area contributed by atoms with Gasteiger partial charge in [0.15, 0.2) is 17.4 Å². The predicted octanol–water partition coefficient (Wildman–Crippen LogP) is 4.61. The maximum Gasteiger partial charge on any atom is 0.198 e. The summed E-state index contributed by atoms with van der Waals surface area (Å²) in [7, 11) is 0. The van der Waals surface area contributed by atoms with Gasteiger partial charge in [0, 0.05) is 6.07 Å². The summed E-state index contributed by atoms with van der Waals surface area (Å²) in [5, 5.41) is -0.205. The van der Waals surface area contributed by atoms with Crippen molar-refractivity contribution in [1.29, 1.82) is 0 Å². The van der Waals surface area contributed by atoms with Gasteiger partial charge < -0.3 is 4.74 Å².